The predicted molar refractivity (Wildman–Crippen MR) is 84.9 cm³/mol. The molecule has 0 fully saturated rings. The lowest BCUT2D eigenvalue weighted by atomic mass is 10.1. The summed E-state index contributed by atoms with van der Waals surface area (Å²) in [6.07, 6.45) is 4.86. The molecule has 0 bridgehead atoms. The molecule has 0 spiro atoms. The van der Waals surface area contributed by atoms with Gasteiger partial charge in [0.2, 0.25) is 0 Å². The van der Waals surface area contributed by atoms with E-state index in [4.69, 9.17) is 4.74 Å². The van der Waals surface area contributed by atoms with E-state index < -0.39 is 0 Å². The maximum Gasteiger partial charge on any atom is 0.128 e. The van der Waals surface area contributed by atoms with Gasteiger partial charge in [-0.2, -0.15) is 0 Å². The third kappa shape index (κ3) is 2.81. The highest BCUT2D eigenvalue weighted by atomic mass is 16.5. The summed E-state index contributed by atoms with van der Waals surface area (Å²) in [7, 11) is 1.72. The van der Waals surface area contributed by atoms with Crippen LogP contribution >= 0.6 is 0 Å². The number of hydrogen-bond acceptors (Lipinski definition) is 5. The summed E-state index contributed by atoms with van der Waals surface area (Å²) in [4.78, 5) is 15.9. The van der Waals surface area contributed by atoms with Crippen molar-refractivity contribution in [3.8, 4) is 5.75 Å². The van der Waals surface area contributed by atoms with Crippen molar-refractivity contribution in [2.24, 2.45) is 0 Å². The fraction of sp³-hybridized carbons (Fsp3) is 0.471. The van der Waals surface area contributed by atoms with Gasteiger partial charge in [0.05, 0.1) is 18.5 Å². The summed E-state index contributed by atoms with van der Waals surface area (Å²) in [5, 5.41) is 0. The molecule has 0 unspecified atom stereocenters. The molecular weight excluding hydrogens is 276 g/mol. The highest BCUT2D eigenvalue weighted by molar-refractivity contribution is 5.41. The van der Waals surface area contributed by atoms with Crippen LogP contribution in [0.4, 0.5) is 0 Å². The number of rotatable bonds is 3. The van der Waals surface area contributed by atoms with Crippen LogP contribution < -0.4 is 4.74 Å². The van der Waals surface area contributed by atoms with E-state index in [-0.39, 0.29) is 0 Å². The summed E-state index contributed by atoms with van der Waals surface area (Å²) in [6, 6.07) is 0. The van der Waals surface area contributed by atoms with E-state index in [1.165, 1.54) is 5.56 Å². The Morgan fingerprint density at radius 3 is 2.77 bits per heavy atom. The van der Waals surface area contributed by atoms with E-state index in [0.29, 0.717) is 0 Å². The largest absolute Gasteiger partial charge is 0.496 e. The van der Waals surface area contributed by atoms with Gasteiger partial charge in [-0.1, -0.05) is 0 Å². The van der Waals surface area contributed by atoms with Crippen molar-refractivity contribution in [2.45, 2.75) is 40.3 Å². The Bertz CT molecular complexity index is 699. The average Bonchev–Trinajstić information content (AvgIpc) is 2.50. The Morgan fingerprint density at radius 2 is 2.00 bits per heavy atom. The van der Waals surface area contributed by atoms with Crippen molar-refractivity contribution >= 4 is 0 Å². The van der Waals surface area contributed by atoms with Crippen molar-refractivity contribution in [3.63, 3.8) is 0 Å². The fourth-order valence-electron chi connectivity index (χ4n) is 3.03. The highest BCUT2D eigenvalue weighted by Gasteiger charge is 2.20. The number of aromatic nitrogens is 3. The number of nitrogens with zero attached hydrogens (tertiary/aromatic N) is 4. The molecule has 0 aromatic carbocycles. The fourth-order valence-corrected chi connectivity index (χ4v) is 3.03. The summed E-state index contributed by atoms with van der Waals surface area (Å²) < 4.78 is 5.50. The Balaban J connectivity index is 1.80. The van der Waals surface area contributed by atoms with Gasteiger partial charge in [0, 0.05) is 43.2 Å². The van der Waals surface area contributed by atoms with Gasteiger partial charge in [-0.05, 0) is 32.8 Å². The quantitative estimate of drug-likeness (QED) is 0.870. The molecule has 3 heterocycles. The van der Waals surface area contributed by atoms with Gasteiger partial charge in [-0.3, -0.25) is 9.88 Å². The molecule has 0 aliphatic carbocycles. The number of pyridine rings is 1. The minimum absolute atomic E-state index is 0.824. The molecule has 2 aromatic rings. The van der Waals surface area contributed by atoms with E-state index in [2.05, 4.69) is 26.8 Å². The molecule has 1 aliphatic rings. The van der Waals surface area contributed by atoms with Crippen molar-refractivity contribution in [2.75, 3.05) is 13.7 Å². The number of ether oxygens (including phenoxy) is 1. The lowest BCUT2D eigenvalue weighted by Crippen LogP contribution is -2.31. The zero-order chi connectivity index (χ0) is 15.7. The van der Waals surface area contributed by atoms with Crippen molar-refractivity contribution < 1.29 is 4.74 Å². The van der Waals surface area contributed by atoms with Crippen LogP contribution in [-0.2, 0) is 19.5 Å². The van der Waals surface area contributed by atoms with Crippen LogP contribution in [0, 0.1) is 20.8 Å². The Morgan fingerprint density at radius 1 is 1.18 bits per heavy atom. The number of fused-ring (bicyclic) bond motifs is 1. The van der Waals surface area contributed by atoms with Crippen LogP contribution in [0.3, 0.4) is 0 Å². The first-order valence-electron chi connectivity index (χ1n) is 7.61. The second-order valence-electron chi connectivity index (χ2n) is 5.90. The third-order valence-corrected chi connectivity index (χ3v) is 4.27. The molecule has 0 saturated carbocycles. The van der Waals surface area contributed by atoms with Crippen molar-refractivity contribution in [1.82, 2.24) is 19.9 Å². The maximum absolute atomic E-state index is 5.50. The topological polar surface area (TPSA) is 51.1 Å². The lowest BCUT2D eigenvalue weighted by Gasteiger charge is -2.28. The van der Waals surface area contributed by atoms with Gasteiger partial charge in [-0.25, -0.2) is 9.97 Å². The first kappa shape index (κ1) is 14.9. The first-order chi connectivity index (χ1) is 10.6. The van der Waals surface area contributed by atoms with Gasteiger partial charge in [0.25, 0.3) is 0 Å². The Labute approximate surface area is 131 Å². The Hall–Kier alpha value is -2.01. The van der Waals surface area contributed by atoms with Crippen molar-refractivity contribution in [1.29, 1.82) is 0 Å². The van der Waals surface area contributed by atoms with Gasteiger partial charge in [-0.15, -0.1) is 0 Å². The van der Waals surface area contributed by atoms with Gasteiger partial charge in [0.15, 0.2) is 0 Å². The summed E-state index contributed by atoms with van der Waals surface area (Å²) in [6.45, 7) is 8.74. The van der Waals surface area contributed by atoms with E-state index in [0.717, 1.165) is 60.1 Å². The summed E-state index contributed by atoms with van der Waals surface area (Å²) >= 11 is 0. The lowest BCUT2D eigenvalue weighted by molar-refractivity contribution is 0.237. The van der Waals surface area contributed by atoms with Crippen LogP contribution in [0.2, 0.25) is 0 Å². The molecule has 0 amide bonds. The summed E-state index contributed by atoms with van der Waals surface area (Å²) in [5.74, 6) is 1.78. The van der Waals surface area contributed by atoms with Crippen LogP contribution in [0.25, 0.3) is 0 Å². The number of aryl methyl sites for hydroxylation is 2. The summed E-state index contributed by atoms with van der Waals surface area (Å²) in [5.41, 5.74) is 5.71. The van der Waals surface area contributed by atoms with Gasteiger partial charge >= 0.3 is 0 Å². The molecule has 5 heteroatoms. The molecule has 1 aliphatic heterocycles. The SMILES string of the molecule is COc1c(C)cnc(CN2CCc3cnc(C)nc3C2)c1C. The van der Waals surface area contributed by atoms with E-state index in [1.807, 2.05) is 26.2 Å². The zero-order valence-electron chi connectivity index (χ0n) is 13.7. The van der Waals surface area contributed by atoms with Crippen LogP contribution in [-0.4, -0.2) is 33.5 Å². The molecule has 5 nitrogen and oxygen atoms in total. The van der Waals surface area contributed by atoms with E-state index >= 15 is 0 Å². The monoisotopic (exact) mass is 298 g/mol. The Kier molecular flexibility index (Phi) is 4.07. The predicted octanol–water partition coefficient (Wildman–Crippen LogP) is 2.36. The molecule has 0 radical (unpaired) electrons. The smallest absolute Gasteiger partial charge is 0.128 e. The molecule has 0 N–H and O–H groups in total. The number of hydrogen-bond donors (Lipinski definition) is 0. The van der Waals surface area contributed by atoms with Crippen molar-refractivity contribution in [3.05, 3.63) is 46.3 Å². The zero-order valence-corrected chi connectivity index (χ0v) is 13.7. The molecule has 0 saturated heterocycles. The maximum atomic E-state index is 5.50. The van der Waals surface area contributed by atoms with E-state index in [1.54, 1.807) is 7.11 Å². The average molecular weight is 298 g/mol. The normalized spacial score (nSPS) is 14.7. The molecule has 2 aromatic heterocycles. The van der Waals surface area contributed by atoms with Crippen LogP contribution in [0.1, 0.15) is 33.9 Å². The number of methoxy groups -OCH3 is 1. The van der Waals surface area contributed by atoms with Crippen LogP contribution in [0.15, 0.2) is 12.4 Å². The molecule has 3 rings (SSSR count). The molecular formula is C17H22N4O. The second-order valence-corrected chi connectivity index (χ2v) is 5.90. The third-order valence-electron chi connectivity index (χ3n) is 4.27. The standard InChI is InChI=1S/C17H22N4O/c1-11-7-19-15(12(2)17(11)22-4)9-21-6-5-14-8-18-13(3)20-16(14)10-21/h7-8H,5-6,9-10H2,1-4H3. The molecule has 116 valence electrons. The molecule has 0 atom stereocenters. The van der Waals surface area contributed by atoms with Gasteiger partial charge in [0.1, 0.15) is 11.6 Å². The minimum Gasteiger partial charge on any atom is -0.496 e. The molecule has 22 heavy (non-hydrogen) atoms. The highest BCUT2D eigenvalue weighted by Crippen LogP contribution is 2.26. The van der Waals surface area contributed by atoms with E-state index in [9.17, 15) is 0 Å². The first-order valence-corrected chi connectivity index (χ1v) is 7.61. The minimum atomic E-state index is 0.824. The van der Waals surface area contributed by atoms with Gasteiger partial charge < -0.3 is 4.74 Å². The second kappa shape index (κ2) is 6.01. The van der Waals surface area contributed by atoms with Crippen LogP contribution in [0.5, 0.6) is 5.75 Å².